The van der Waals surface area contributed by atoms with Gasteiger partial charge in [0.15, 0.2) is 0 Å². The number of carbonyl (C=O) groups excluding carboxylic acids is 3. The molecule has 0 aromatic heterocycles. The van der Waals surface area contributed by atoms with Gasteiger partial charge in [-0.2, -0.15) is 0 Å². The highest BCUT2D eigenvalue weighted by atomic mass is 16.5. The molecule has 0 aromatic carbocycles. The molecule has 28 heavy (non-hydrogen) atoms. The van der Waals surface area contributed by atoms with Crippen molar-refractivity contribution in [3.05, 3.63) is 0 Å². The van der Waals surface area contributed by atoms with Crippen molar-refractivity contribution in [3.63, 3.8) is 0 Å². The topological polar surface area (TPSA) is 66.9 Å². The third kappa shape index (κ3) is 7.44. The van der Waals surface area contributed by atoms with Gasteiger partial charge in [0.05, 0.1) is 6.61 Å². The summed E-state index contributed by atoms with van der Waals surface area (Å²) < 4.78 is 5.35. The average Bonchev–Trinajstić information content (AvgIpc) is 3.02. The van der Waals surface area contributed by atoms with E-state index in [1.807, 2.05) is 0 Å². The maximum atomic E-state index is 12.9. The van der Waals surface area contributed by atoms with Crippen LogP contribution in [0.5, 0.6) is 0 Å². The highest BCUT2D eigenvalue weighted by Gasteiger charge is 2.36. The highest BCUT2D eigenvalue weighted by Crippen LogP contribution is 2.22. The summed E-state index contributed by atoms with van der Waals surface area (Å²) in [7, 11) is 0. The lowest BCUT2D eigenvalue weighted by Crippen LogP contribution is -2.49. The van der Waals surface area contributed by atoms with Crippen LogP contribution in [0.25, 0.3) is 0 Å². The van der Waals surface area contributed by atoms with Crippen LogP contribution < -0.4 is 0 Å². The molecule has 2 fully saturated rings. The van der Waals surface area contributed by atoms with Crippen molar-refractivity contribution in [2.75, 3.05) is 26.2 Å². The van der Waals surface area contributed by atoms with Gasteiger partial charge >= 0.3 is 5.97 Å². The molecule has 6 heteroatoms. The third-order valence-corrected chi connectivity index (χ3v) is 5.82. The number of amides is 2. The van der Waals surface area contributed by atoms with E-state index in [4.69, 9.17) is 4.74 Å². The fraction of sp³-hybridized carbons (Fsp3) is 0.864. The number of rotatable bonds is 12. The molecule has 0 aromatic rings. The molecule has 2 aliphatic heterocycles. The van der Waals surface area contributed by atoms with E-state index in [0.717, 1.165) is 32.1 Å². The Labute approximate surface area is 170 Å². The predicted molar refractivity (Wildman–Crippen MR) is 109 cm³/mol. The van der Waals surface area contributed by atoms with Crippen molar-refractivity contribution in [3.8, 4) is 0 Å². The Morgan fingerprint density at radius 2 is 1.68 bits per heavy atom. The zero-order valence-electron chi connectivity index (χ0n) is 17.6. The van der Waals surface area contributed by atoms with Crippen molar-refractivity contribution in [1.29, 1.82) is 0 Å². The molecule has 2 rings (SSSR count). The van der Waals surface area contributed by atoms with Gasteiger partial charge in [-0.05, 0) is 32.1 Å². The van der Waals surface area contributed by atoms with Crippen molar-refractivity contribution < 1.29 is 19.1 Å². The molecule has 2 heterocycles. The largest absolute Gasteiger partial charge is 0.464 e. The summed E-state index contributed by atoms with van der Waals surface area (Å²) in [4.78, 5) is 40.4. The van der Waals surface area contributed by atoms with E-state index in [1.165, 1.54) is 38.5 Å². The quantitative estimate of drug-likeness (QED) is 0.374. The summed E-state index contributed by atoms with van der Waals surface area (Å²) in [5.41, 5.74) is 0. The average molecular weight is 395 g/mol. The number of hydrogen-bond acceptors (Lipinski definition) is 4. The van der Waals surface area contributed by atoms with E-state index in [-0.39, 0.29) is 24.3 Å². The molecule has 2 amide bonds. The zero-order chi connectivity index (χ0) is 20.2. The second-order valence-electron chi connectivity index (χ2n) is 8.16. The van der Waals surface area contributed by atoms with Crippen LogP contribution in [0, 0.1) is 0 Å². The molecular formula is C22H38N2O4. The first-order valence-corrected chi connectivity index (χ1v) is 11.4. The lowest BCUT2D eigenvalue weighted by molar-refractivity contribution is -0.151. The fourth-order valence-electron chi connectivity index (χ4n) is 4.15. The minimum atomic E-state index is -0.391. The second kappa shape index (κ2) is 12.8. The number of nitrogens with zero attached hydrogens (tertiary/aromatic N) is 2. The highest BCUT2D eigenvalue weighted by molar-refractivity contribution is 5.90. The van der Waals surface area contributed by atoms with E-state index in [2.05, 4.69) is 6.92 Å². The van der Waals surface area contributed by atoms with Gasteiger partial charge in [0, 0.05) is 19.5 Å². The monoisotopic (exact) mass is 394 g/mol. The molecule has 0 saturated carbocycles. The number of ether oxygens (including phenoxy) is 1. The van der Waals surface area contributed by atoms with Crippen LogP contribution >= 0.6 is 0 Å². The summed E-state index contributed by atoms with van der Waals surface area (Å²) in [6.07, 6.45) is 13.5. The van der Waals surface area contributed by atoms with Crippen molar-refractivity contribution in [2.45, 2.75) is 96.4 Å². The number of likely N-dealkylation sites (tertiary alicyclic amines) is 2. The van der Waals surface area contributed by atoms with E-state index >= 15 is 0 Å². The molecule has 0 aliphatic carbocycles. The van der Waals surface area contributed by atoms with Gasteiger partial charge in [0.1, 0.15) is 12.6 Å². The molecule has 0 N–H and O–H groups in total. The molecule has 0 radical (unpaired) electrons. The standard InChI is InChI=1S/C22H38N2O4/c1-2-3-4-5-6-7-8-11-17-28-21(26)18-23-15-10-9-13-19(22(23)27)24-16-12-14-20(24)25/h19H,2-18H2,1H3. The van der Waals surface area contributed by atoms with Gasteiger partial charge in [-0.1, -0.05) is 51.9 Å². The first-order valence-electron chi connectivity index (χ1n) is 11.4. The normalized spacial score (nSPS) is 20.5. The lowest BCUT2D eigenvalue weighted by Gasteiger charge is -2.29. The Morgan fingerprint density at radius 1 is 0.964 bits per heavy atom. The minimum Gasteiger partial charge on any atom is -0.464 e. The van der Waals surface area contributed by atoms with Crippen molar-refractivity contribution in [2.24, 2.45) is 0 Å². The summed E-state index contributed by atoms with van der Waals surface area (Å²) in [6, 6.07) is -0.391. The molecular weight excluding hydrogens is 356 g/mol. The smallest absolute Gasteiger partial charge is 0.325 e. The van der Waals surface area contributed by atoms with Gasteiger partial charge in [-0.25, -0.2) is 0 Å². The fourth-order valence-corrected chi connectivity index (χ4v) is 4.15. The third-order valence-electron chi connectivity index (χ3n) is 5.82. The zero-order valence-corrected chi connectivity index (χ0v) is 17.6. The van der Waals surface area contributed by atoms with Crippen LogP contribution in [-0.4, -0.2) is 59.9 Å². The molecule has 0 spiro atoms. The maximum absolute atomic E-state index is 12.9. The second-order valence-corrected chi connectivity index (χ2v) is 8.16. The Morgan fingerprint density at radius 3 is 2.36 bits per heavy atom. The summed E-state index contributed by atoms with van der Waals surface area (Å²) in [6.45, 7) is 3.90. The number of esters is 1. The van der Waals surface area contributed by atoms with Crippen LogP contribution in [0.3, 0.4) is 0 Å². The number of hydrogen-bond donors (Lipinski definition) is 0. The Bertz CT molecular complexity index is 509. The van der Waals surface area contributed by atoms with Crippen LogP contribution in [0.4, 0.5) is 0 Å². The Balaban J connectivity index is 1.65. The summed E-state index contributed by atoms with van der Waals surface area (Å²) >= 11 is 0. The van der Waals surface area contributed by atoms with E-state index in [1.54, 1.807) is 9.80 Å². The van der Waals surface area contributed by atoms with E-state index in [0.29, 0.717) is 32.5 Å². The minimum absolute atomic E-state index is 0.00832. The molecule has 160 valence electrons. The predicted octanol–water partition coefficient (Wildman–Crippen LogP) is 3.67. The lowest BCUT2D eigenvalue weighted by atomic mass is 10.1. The first kappa shape index (κ1) is 22.7. The van der Waals surface area contributed by atoms with E-state index < -0.39 is 6.04 Å². The van der Waals surface area contributed by atoms with Crippen LogP contribution in [0.2, 0.25) is 0 Å². The van der Waals surface area contributed by atoms with Crippen LogP contribution in [-0.2, 0) is 19.1 Å². The van der Waals surface area contributed by atoms with Gasteiger partial charge < -0.3 is 14.5 Å². The molecule has 1 atom stereocenters. The molecule has 1 unspecified atom stereocenters. The number of unbranched alkanes of at least 4 members (excludes halogenated alkanes) is 7. The summed E-state index contributed by atoms with van der Waals surface area (Å²) in [5, 5.41) is 0. The first-order chi connectivity index (χ1) is 13.6. The van der Waals surface area contributed by atoms with Gasteiger partial charge in [0.2, 0.25) is 11.8 Å². The molecule has 2 aliphatic rings. The molecule has 6 nitrogen and oxygen atoms in total. The van der Waals surface area contributed by atoms with Gasteiger partial charge in [-0.3, -0.25) is 14.4 Å². The van der Waals surface area contributed by atoms with Crippen molar-refractivity contribution in [1.82, 2.24) is 9.80 Å². The van der Waals surface area contributed by atoms with E-state index in [9.17, 15) is 14.4 Å². The number of carbonyl (C=O) groups is 3. The Kier molecular flexibility index (Phi) is 10.4. The maximum Gasteiger partial charge on any atom is 0.325 e. The molecule has 2 saturated heterocycles. The Hall–Kier alpha value is -1.59. The SMILES string of the molecule is CCCCCCCCCCOC(=O)CN1CCCCC(N2CCCC2=O)C1=O. The van der Waals surface area contributed by atoms with Gasteiger partial charge in [0.25, 0.3) is 0 Å². The summed E-state index contributed by atoms with van der Waals surface area (Å²) in [5.74, 6) is -0.348. The van der Waals surface area contributed by atoms with Crippen molar-refractivity contribution >= 4 is 17.8 Å². The van der Waals surface area contributed by atoms with Gasteiger partial charge in [-0.15, -0.1) is 0 Å². The molecule has 0 bridgehead atoms. The van der Waals surface area contributed by atoms with Crippen LogP contribution in [0.1, 0.15) is 90.4 Å². The van der Waals surface area contributed by atoms with Crippen LogP contribution in [0.15, 0.2) is 0 Å².